The maximum absolute atomic E-state index is 12.5. The summed E-state index contributed by atoms with van der Waals surface area (Å²) < 4.78 is 26.5. The summed E-state index contributed by atoms with van der Waals surface area (Å²) in [5.41, 5.74) is 0.783. The van der Waals surface area contributed by atoms with E-state index < -0.39 is 10.0 Å². The second-order valence-corrected chi connectivity index (χ2v) is 8.24. The van der Waals surface area contributed by atoms with Crippen molar-refractivity contribution < 1.29 is 13.2 Å². The summed E-state index contributed by atoms with van der Waals surface area (Å²) >= 11 is 0. The van der Waals surface area contributed by atoms with E-state index in [0.29, 0.717) is 26.2 Å². The van der Waals surface area contributed by atoms with Gasteiger partial charge in [-0.05, 0) is 18.9 Å². The predicted octanol–water partition coefficient (Wildman–Crippen LogP) is 2.03. The summed E-state index contributed by atoms with van der Waals surface area (Å²) in [4.78, 5) is 13.9. The number of sulfonamides is 1. The molecule has 0 unspecified atom stereocenters. The molecular weight excluding hydrogens is 326 g/mol. The number of carbonyl (C=O) groups is 1. The zero-order valence-corrected chi connectivity index (χ0v) is 15.3. The van der Waals surface area contributed by atoms with Crippen LogP contribution in [0.25, 0.3) is 0 Å². The van der Waals surface area contributed by atoms with Gasteiger partial charge in [0.25, 0.3) is 0 Å². The molecule has 0 bridgehead atoms. The zero-order valence-electron chi connectivity index (χ0n) is 14.4. The minimum Gasteiger partial charge on any atom is -0.336 e. The summed E-state index contributed by atoms with van der Waals surface area (Å²) in [6.07, 6.45) is 1.96. The van der Waals surface area contributed by atoms with Crippen LogP contribution in [-0.4, -0.2) is 55.9 Å². The van der Waals surface area contributed by atoms with Gasteiger partial charge in [0, 0.05) is 32.2 Å². The first-order valence-corrected chi connectivity index (χ1v) is 10.1. The van der Waals surface area contributed by atoms with Crippen LogP contribution in [0.1, 0.15) is 32.3 Å². The van der Waals surface area contributed by atoms with Crippen LogP contribution in [0.5, 0.6) is 0 Å². The molecule has 1 aliphatic rings. The molecule has 0 saturated carbocycles. The number of nitrogens with one attached hydrogen (secondary N) is 1. The van der Waals surface area contributed by atoms with Crippen LogP contribution in [0.2, 0.25) is 0 Å². The maximum atomic E-state index is 12.5. The fraction of sp³-hybridized carbons (Fsp3) is 0.588. The number of hydrogen-bond donors (Lipinski definition) is 1. The van der Waals surface area contributed by atoms with Crippen molar-refractivity contribution >= 4 is 16.1 Å². The molecule has 1 heterocycles. The van der Waals surface area contributed by atoms with E-state index in [4.69, 9.17) is 0 Å². The summed E-state index contributed by atoms with van der Waals surface area (Å²) in [5.74, 6) is 0.00751. The van der Waals surface area contributed by atoms with Crippen molar-refractivity contribution in [2.24, 2.45) is 0 Å². The second-order valence-electron chi connectivity index (χ2n) is 6.27. The Kier molecular flexibility index (Phi) is 6.62. The molecule has 1 saturated heterocycles. The third-order valence-corrected chi connectivity index (χ3v) is 6.05. The van der Waals surface area contributed by atoms with Crippen molar-refractivity contribution in [2.45, 2.75) is 38.5 Å². The van der Waals surface area contributed by atoms with Crippen molar-refractivity contribution in [3.05, 3.63) is 35.9 Å². The molecule has 1 aromatic carbocycles. The lowest BCUT2D eigenvalue weighted by atomic mass is 10.2. The van der Waals surface area contributed by atoms with Crippen LogP contribution in [0.3, 0.4) is 0 Å². The molecule has 0 aliphatic carbocycles. The lowest BCUT2D eigenvalue weighted by Crippen LogP contribution is -2.54. The molecule has 1 atom stereocenters. The molecule has 24 heavy (non-hydrogen) atoms. The number of carbonyl (C=O) groups excluding carboxylic acids is 1. The molecule has 7 heteroatoms. The van der Waals surface area contributed by atoms with Gasteiger partial charge in [0.15, 0.2) is 0 Å². The largest absolute Gasteiger partial charge is 0.336 e. The van der Waals surface area contributed by atoms with E-state index in [1.165, 1.54) is 4.31 Å². The average molecular weight is 353 g/mol. The van der Waals surface area contributed by atoms with E-state index in [1.807, 2.05) is 37.3 Å². The van der Waals surface area contributed by atoms with Gasteiger partial charge in [-0.3, -0.25) is 0 Å². The summed E-state index contributed by atoms with van der Waals surface area (Å²) in [5, 5.41) is 2.96. The van der Waals surface area contributed by atoms with Crippen LogP contribution in [0.15, 0.2) is 30.3 Å². The minimum atomic E-state index is -3.34. The number of hydrogen-bond acceptors (Lipinski definition) is 3. The highest BCUT2D eigenvalue weighted by molar-refractivity contribution is 7.88. The Hall–Kier alpha value is -1.60. The Morgan fingerprint density at radius 1 is 1.17 bits per heavy atom. The lowest BCUT2D eigenvalue weighted by Gasteiger charge is -2.34. The normalized spacial score (nSPS) is 17.5. The third-order valence-electron chi connectivity index (χ3n) is 4.20. The number of amides is 2. The first-order valence-electron chi connectivity index (χ1n) is 8.49. The second kappa shape index (κ2) is 8.48. The molecule has 6 nitrogen and oxygen atoms in total. The summed E-state index contributed by atoms with van der Waals surface area (Å²) in [7, 11) is -3.34. The molecule has 0 aromatic heterocycles. The average Bonchev–Trinajstić information content (AvgIpc) is 2.55. The lowest BCUT2D eigenvalue weighted by molar-refractivity contribution is 0.169. The highest BCUT2D eigenvalue weighted by atomic mass is 32.2. The first-order chi connectivity index (χ1) is 11.4. The van der Waals surface area contributed by atoms with Gasteiger partial charge >= 0.3 is 6.03 Å². The van der Waals surface area contributed by atoms with Gasteiger partial charge in [0.05, 0.1) is 5.75 Å². The summed E-state index contributed by atoms with van der Waals surface area (Å²) in [6.45, 7) is 5.63. The van der Waals surface area contributed by atoms with Gasteiger partial charge in [0.2, 0.25) is 10.0 Å². The zero-order chi connectivity index (χ0) is 17.6. The smallest absolute Gasteiger partial charge is 0.317 e. The molecule has 134 valence electrons. The Morgan fingerprint density at radius 2 is 1.79 bits per heavy atom. The van der Waals surface area contributed by atoms with Crippen LogP contribution in [0.4, 0.5) is 4.79 Å². The van der Waals surface area contributed by atoms with Gasteiger partial charge in [0.1, 0.15) is 0 Å². The quantitative estimate of drug-likeness (QED) is 0.851. The fourth-order valence-corrected chi connectivity index (χ4v) is 4.37. The van der Waals surface area contributed by atoms with Crippen molar-refractivity contribution in [3.8, 4) is 0 Å². The van der Waals surface area contributed by atoms with Gasteiger partial charge in [-0.15, -0.1) is 0 Å². The van der Waals surface area contributed by atoms with Crippen LogP contribution in [-0.2, 0) is 15.8 Å². The third kappa shape index (κ3) is 5.21. The van der Waals surface area contributed by atoms with Crippen molar-refractivity contribution in [1.29, 1.82) is 0 Å². The Balaban J connectivity index is 1.86. The van der Waals surface area contributed by atoms with Crippen LogP contribution >= 0.6 is 0 Å². The molecular formula is C17H27N3O3S. The fourth-order valence-electron chi connectivity index (χ4n) is 2.85. The highest BCUT2D eigenvalue weighted by Crippen LogP contribution is 2.13. The van der Waals surface area contributed by atoms with Crippen molar-refractivity contribution in [2.75, 3.05) is 26.2 Å². The van der Waals surface area contributed by atoms with E-state index in [-0.39, 0.29) is 17.8 Å². The molecule has 1 aliphatic heterocycles. The first kappa shape index (κ1) is 18.7. The Bertz CT molecular complexity index is 626. The van der Waals surface area contributed by atoms with Crippen LogP contribution < -0.4 is 5.32 Å². The number of urea groups is 1. The standard InChI is InChI=1S/C17H27N3O3S/c1-3-7-15(2)18-17(21)19-10-12-20(13-11-19)24(22,23)14-16-8-5-4-6-9-16/h4-6,8-9,15H,3,7,10-14H2,1-2H3,(H,18,21)/t15-/m0/s1. The van der Waals surface area contributed by atoms with Gasteiger partial charge in [-0.1, -0.05) is 43.7 Å². The monoisotopic (exact) mass is 353 g/mol. The Labute approximate surface area is 144 Å². The molecule has 2 amide bonds. The van der Waals surface area contributed by atoms with Gasteiger partial charge < -0.3 is 10.2 Å². The maximum Gasteiger partial charge on any atom is 0.317 e. The highest BCUT2D eigenvalue weighted by Gasteiger charge is 2.29. The van der Waals surface area contributed by atoms with E-state index in [2.05, 4.69) is 12.2 Å². The molecule has 1 N–H and O–H groups in total. The number of benzene rings is 1. The molecule has 2 rings (SSSR count). The number of piperazine rings is 1. The molecule has 0 radical (unpaired) electrons. The minimum absolute atomic E-state index is 0.00751. The van der Waals surface area contributed by atoms with E-state index in [0.717, 1.165) is 18.4 Å². The van der Waals surface area contributed by atoms with E-state index in [1.54, 1.807) is 4.90 Å². The van der Waals surface area contributed by atoms with E-state index in [9.17, 15) is 13.2 Å². The number of rotatable bonds is 6. The Morgan fingerprint density at radius 3 is 2.38 bits per heavy atom. The van der Waals surface area contributed by atoms with E-state index >= 15 is 0 Å². The molecule has 1 fully saturated rings. The van der Waals surface area contributed by atoms with Crippen molar-refractivity contribution in [1.82, 2.24) is 14.5 Å². The molecule has 0 spiro atoms. The molecule has 1 aromatic rings. The predicted molar refractivity (Wildman–Crippen MR) is 95.1 cm³/mol. The SMILES string of the molecule is CCC[C@H](C)NC(=O)N1CCN(S(=O)(=O)Cc2ccccc2)CC1. The summed E-state index contributed by atoms with van der Waals surface area (Å²) in [6, 6.07) is 9.22. The number of nitrogens with zero attached hydrogens (tertiary/aromatic N) is 2. The van der Waals surface area contributed by atoms with Gasteiger partial charge in [-0.25, -0.2) is 13.2 Å². The topological polar surface area (TPSA) is 69.7 Å². The van der Waals surface area contributed by atoms with Crippen molar-refractivity contribution in [3.63, 3.8) is 0 Å². The van der Waals surface area contributed by atoms with Gasteiger partial charge in [-0.2, -0.15) is 4.31 Å². The van der Waals surface area contributed by atoms with Crippen LogP contribution in [0, 0.1) is 0 Å².